The molecule has 1 aliphatic heterocycles. The summed E-state index contributed by atoms with van der Waals surface area (Å²) in [5, 5.41) is 5.45. The van der Waals surface area contributed by atoms with Crippen LogP contribution in [0.5, 0.6) is 0 Å². The molecule has 1 aliphatic rings. The quantitative estimate of drug-likeness (QED) is 0.294. The molecule has 3 atom stereocenters. The van der Waals surface area contributed by atoms with Crippen LogP contribution in [0.4, 0.5) is 20.6 Å². The van der Waals surface area contributed by atoms with Crippen LogP contribution in [0.25, 0.3) is 0 Å². The van der Waals surface area contributed by atoms with Crippen molar-refractivity contribution in [1.82, 2.24) is 10.2 Å². The van der Waals surface area contributed by atoms with Crippen molar-refractivity contribution in [1.29, 1.82) is 0 Å². The molecule has 0 aliphatic carbocycles. The van der Waals surface area contributed by atoms with Gasteiger partial charge in [-0.15, -0.1) is 0 Å². The minimum Gasteiger partial charge on any atom is -0.453 e. The van der Waals surface area contributed by atoms with Crippen LogP contribution in [0.15, 0.2) is 42.8 Å². The highest BCUT2D eigenvalue weighted by molar-refractivity contribution is 6.00. The summed E-state index contributed by atoms with van der Waals surface area (Å²) in [7, 11) is 1.24. The number of allylic oxidation sites excluding steroid dienone is 3. The Balaban J connectivity index is 2.09. The molecule has 1 heterocycles. The minimum atomic E-state index is -0.793. The highest BCUT2D eigenvalue weighted by Crippen LogP contribution is 2.30. The first-order chi connectivity index (χ1) is 17.1. The summed E-state index contributed by atoms with van der Waals surface area (Å²) in [4.78, 5) is 39.6. The maximum Gasteiger partial charge on any atom is 0.407 e. The molecule has 3 unspecified atom stereocenters. The number of nitrogens with two attached hydrogens (primary N) is 1. The molecule has 4 N–H and O–H groups in total. The number of likely N-dealkylation sites (tertiary alicyclic amines) is 1. The van der Waals surface area contributed by atoms with Crippen molar-refractivity contribution in [2.75, 3.05) is 24.7 Å². The Labute approximate surface area is 213 Å². The summed E-state index contributed by atoms with van der Waals surface area (Å²) in [5.74, 6) is -1.03. The van der Waals surface area contributed by atoms with Crippen molar-refractivity contribution >= 4 is 29.3 Å². The van der Waals surface area contributed by atoms with Gasteiger partial charge in [0.05, 0.1) is 18.5 Å². The third kappa shape index (κ3) is 7.83. The van der Waals surface area contributed by atoms with E-state index in [0.717, 1.165) is 18.4 Å². The normalized spacial score (nSPS) is 17.2. The minimum absolute atomic E-state index is 0.179. The van der Waals surface area contributed by atoms with E-state index < -0.39 is 24.0 Å². The van der Waals surface area contributed by atoms with Gasteiger partial charge in [-0.2, -0.15) is 0 Å². The lowest BCUT2D eigenvalue weighted by molar-refractivity contribution is -0.139. The molecular formula is C27H39FN4O4. The van der Waals surface area contributed by atoms with E-state index in [1.807, 2.05) is 26.0 Å². The molecule has 198 valence electrons. The summed E-state index contributed by atoms with van der Waals surface area (Å²) in [6, 6.07) is 4.12. The number of nitrogens with zero attached hydrogens (tertiary/aromatic N) is 1. The molecule has 0 radical (unpaired) electrons. The highest BCUT2D eigenvalue weighted by Gasteiger charge is 2.39. The second kappa shape index (κ2) is 13.7. The molecule has 2 rings (SSSR count). The number of rotatable bonds is 11. The fraction of sp³-hybridized carbons (Fsp3) is 0.519. The van der Waals surface area contributed by atoms with Gasteiger partial charge in [0.2, 0.25) is 11.8 Å². The molecule has 0 spiro atoms. The smallest absolute Gasteiger partial charge is 0.407 e. The van der Waals surface area contributed by atoms with Gasteiger partial charge in [0.15, 0.2) is 0 Å². The zero-order chi connectivity index (χ0) is 26.8. The van der Waals surface area contributed by atoms with E-state index in [9.17, 15) is 18.8 Å². The predicted octanol–water partition coefficient (Wildman–Crippen LogP) is 4.89. The molecule has 8 nitrogen and oxygen atoms in total. The summed E-state index contributed by atoms with van der Waals surface area (Å²) in [6.07, 6.45) is 6.09. The zero-order valence-corrected chi connectivity index (χ0v) is 21.7. The van der Waals surface area contributed by atoms with Crippen molar-refractivity contribution in [3.8, 4) is 0 Å². The van der Waals surface area contributed by atoms with Crippen molar-refractivity contribution in [2.45, 2.75) is 70.9 Å². The van der Waals surface area contributed by atoms with Crippen LogP contribution in [-0.4, -0.2) is 48.5 Å². The van der Waals surface area contributed by atoms with Crippen LogP contribution in [0.1, 0.15) is 64.4 Å². The third-order valence-electron chi connectivity index (χ3n) is 6.51. The number of nitrogen functional groups attached to an aromatic ring is 1. The lowest BCUT2D eigenvalue weighted by Crippen LogP contribution is -2.54. The van der Waals surface area contributed by atoms with Gasteiger partial charge in [0.25, 0.3) is 0 Å². The van der Waals surface area contributed by atoms with Gasteiger partial charge in [-0.3, -0.25) is 9.59 Å². The Morgan fingerprint density at radius 2 is 2.06 bits per heavy atom. The maximum absolute atomic E-state index is 13.2. The fourth-order valence-electron chi connectivity index (χ4n) is 4.46. The number of carbonyl (C=O) groups is 3. The van der Waals surface area contributed by atoms with E-state index >= 15 is 0 Å². The highest BCUT2D eigenvalue weighted by atomic mass is 19.1. The van der Waals surface area contributed by atoms with Crippen molar-refractivity contribution in [3.05, 3.63) is 48.3 Å². The lowest BCUT2D eigenvalue weighted by Gasteiger charge is -2.30. The Kier molecular flexibility index (Phi) is 11.0. The largest absolute Gasteiger partial charge is 0.453 e. The van der Waals surface area contributed by atoms with Gasteiger partial charge < -0.3 is 26.0 Å². The van der Waals surface area contributed by atoms with Gasteiger partial charge in [0, 0.05) is 6.54 Å². The van der Waals surface area contributed by atoms with Crippen molar-refractivity contribution < 1.29 is 23.5 Å². The first kappa shape index (κ1) is 28.9. The number of hydrogen-bond donors (Lipinski definition) is 3. The molecule has 1 aromatic carbocycles. The maximum atomic E-state index is 13.2. The van der Waals surface area contributed by atoms with Crippen LogP contribution in [0.3, 0.4) is 0 Å². The van der Waals surface area contributed by atoms with Gasteiger partial charge in [-0.05, 0) is 67.7 Å². The van der Waals surface area contributed by atoms with E-state index in [1.54, 1.807) is 12.1 Å². The van der Waals surface area contributed by atoms with E-state index in [-0.39, 0.29) is 23.7 Å². The van der Waals surface area contributed by atoms with Crippen LogP contribution >= 0.6 is 0 Å². The number of anilines is 2. The number of amides is 3. The number of ether oxygens (including phenoxy) is 1. The summed E-state index contributed by atoms with van der Waals surface area (Å²) < 4.78 is 17.4. The first-order valence-corrected chi connectivity index (χ1v) is 12.4. The second-order valence-electron chi connectivity index (χ2n) is 9.41. The number of carbonyl (C=O) groups excluding carboxylic acids is 3. The lowest BCUT2D eigenvalue weighted by atomic mass is 9.91. The zero-order valence-electron chi connectivity index (χ0n) is 21.7. The molecule has 0 aromatic heterocycles. The van der Waals surface area contributed by atoms with Crippen molar-refractivity contribution in [2.24, 2.45) is 5.92 Å². The third-order valence-corrected chi connectivity index (χ3v) is 6.51. The monoisotopic (exact) mass is 502 g/mol. The number of halogens is 1. The Hall–Kier alpha value is -3.36. The van der Waals surface area contributed by atoms with Gasteiger partial charge in [0.1, 0.15) is 17.9 Å². The number of alkyl carbamates (subject to hydrolysis) is 1. The standard InChI is InChI=1S/C27H39FN4O4/c1-6-19(11-8-7-10-18(4)28)20-13-14-22(21(29)16-20)30-25(33)23-12-9-15-32(23)26(34)24(17(2)3)31-27(35)36-5/h7,10,13-14,16-17,19,23-24H,4,6,8-9,11-12,15,29H2,1-3,5H3,(H,30,33)(H,31,35). The van der Waals surface area contributed by atoms with E-state index in [0.29, 0.717) is 37.2 Å². The number of methoxy groups -OCH3 is 1. The summed E-state index contributed by atoms with van der Waals surface area (Å²) >= 11 is 0. The molecule has 1 saturated heterocycles. The molecule has 0 saturated carbocycles. The number of benzene rings is 1. The average Bonchev–Trinajstić information content (AvgIpc) is 3.33. The molecule has 1 fully saturated rings. The summed E-state index contributed by atoms with van der Waals surface area (Å²) in [5.41, 5.74) is 8.25. The SMILES string of the molecule is C=C(F)C=CCCC(CC)c1ccc(NC(=O)C2CCCN2C(=O)C(NC(=O)OC)C(C)C)c(N)c1. The van der Waals surface area contributed by atoms with Crippen LogP contribution in [-0.2, 0) is 14.3 Å². The fourth-order valence-corrected chi connectivity index (χ4v) is 4.46. The topological polar surface area (TPSA) is 114 Å². The Bertz CT molecular complexity index is 979. The number of nitrogens with one attached hydrogen (secondary N) is 2. The van der Waals surface area contributed by atoms with Gasteiger partial charge in [-0.1, -0.05) is 39.5 Å². The van der Waals surface area contributed by atoms with Crippen molar-refractivity contribution in [3.63, 3.8) is 0 Å². The molecule has 3 amide bonds. The Morgan fingerprint density at radius 3 is 2.64 bits per heavy atom. The van der Waals surface area contributed by atoms with Crippen LogP contribution < -0.4 is 16.4 Å². The van der Waals surface area contributed by atoms with Crippen LogP contribution in [0.2, 0.25) is 0 Å². The van der Waals surface area contributed by atoms with E-state index in [2.05, 4.69) is 28.9 Å². The van der Waals surface area contributed by atoms with Gasteiger partial charge in [-0.25, -0.2) is 9.18 Å². The molecule has 36 heavy (non-hydrogen) atoms. The number of hydrogen-bond acceptors (Lipinski definition) is 5. The van der Waals surface area contributed by atoms with E-state index in [1.165, 1.54) is 18.1 Å². The summed E-state index contributed by atoms with van der Waals surface area (Å²) in [6.45, 7) is 9.38. The Morgan fingerprint density at radius 1 is 1.33 bits per heavy atom. The molecule has 9 heteroatoms. The predicted molar refractivity (Wildman–Crippen MR) is 140 cm³/mol. The first-order valence-electron chi connectivity index (χ1n) is 12.4. The molecule has 0 bridgehead atoms. The van der Waals surface area contributed by atoms with Crippen LogP contribution in [0, 0.1) is 5.92 Å². The average molecular weight is 503 g/mol. The van der Waals surface area contributed by atoms with E-state index in [4.69, 9.17) is 5.73 Å². The molecular weight excluding hydrogens is 463 g/mol. The van der Waals surface area contributed by atoms with Gasteiger partial charge >= 0.3 is 6.09 Å². The second-order valence-corrected chi connectivity index (χ2v) is 9.41. The molecule has 1 aromatic rings.